The number of benzene rings is 1. The first kappa shape index (κ1) is 20.6. The molecule has 0 spiro atoms. The molecule has 146 valence electrons. The van der Waals surface area contributed by atoms with Crippen LogP contribution in [0.3, 0.4) is 0 Å². The predicted octanol–water partition coefficient (Wildman–Crippen LogP) is 1.73. The monoisotopic (exact) mass is 363 g/mol. The van der Waals surface area contributed by atoms with Gasteiger partial charge in [0.2, 0.25) is 0 Å². The average Bonchev–Trinajstić information content (AvgIpc) is 2.61. The van der Waals surface area contributed by atoms with E-state index in [1.807, 2.05) is 13.0 Å². The van der Waals surface area contributed by atoms with Crippen LogP contribution < -0.4 is 10.6 Å². The van der Waals surface area contributed by atoms with Gasteiger partial charge in [0.15, 0.2) is 5.96 Å². The van der Waals surface area contributed by atoms with Crippen molar-refractivity contribution in [2.45, 2.75) is 20.3 Å². The normalized spacial score (nSPS) is 18.0. The first-order valence-corrected chi connectivity index (χ1v) is 9.58. The second-order valence-electron chi connectivity index (χ2n) is 7.41. The molecule has 2 rings (SSSR count). The summed E-state index contributed by atoms with van der Waals surface area (Å²) in [4.78, 5) is 9.22. The number of nitrogens with one attached hydrogen (secondary N) is 2. The fraction of sp³-hybridized carbons (Fsp3) is 0.650. The molecule has 1 aromatic carbocycles. The molecule has 1 aliphatic heterocycles. The van der Waals surface area contributed by atoms with Crippen molar-refractivity contribution in [2.24, 2.45) is 10.9 Å². The van der Waals surface area contributed by atoms with E-state index >= 15 is 0 Å². The summed E-state index contributed by atoms with van der Waals surface area (Å²) in [6, 6.07) is 4.97. The lowest BCUT2D eigenvalue weighted by Crippen LogP contribution is -2.47. The molecule has 2 N–H and O–H groups in total. The third-order valence-corrected chi connectivity index (χ3v) is 5.00. The Labute approximate surface area is 157 Å². The largest absolute Gasteiger partial charge is 0.356 e. The molecule has 0 radical (unpaired) electrons. The van der Waals surface area contributed by atoms with Crippen molar-refractivity contribution in [1.29, 1.82) is 0 Å². The van der Waals surface area contributed by atoms with Gasteiger partial charge in [-0.05, 0) is 49.6 Å². The number of nitrogens with zero attached hydrogens (tertiary/aromatic N) is 3. The van der Waals surface area contributed by atoms with Gasteiger partial charge in [0.25, 0.3) is 0 Å². The zero-order valence-electron chi connectivity index (χ0n) is 16.7. The fourth-order valence-corrected chi connectivity index (χ4v) is 3.28. The van der Waals surface area contributed by atoms with Gasteiger partial charge in [-0.15, -0.1) is 0 Å². The predicted molar refractivity (Wildman–Crippen MR) is 107 cm³/mol. The number of halogens is 1. The van der Waals surface area contributed by atoms with Gasteiger partial charge in [-0.2, -0.15) is 0 Å². The van der Waals surface area contributed by atoms with Gasteiger partial charge in [0.05, 0.1) is 0 Å². The first-order valence-electron chi connectivity index (χ1n) is 9.58. The van der Waals surface area contributed by atoms with Crippen LogP contribution in [0.25, 0.3) is 0 Å². The second kappa shape index (κ2) is 10.5. The minimum absolute atomic E-state index is 0.175. The Hall–Kier alpha value is -1.66. The van der Waals surface area contributed by atoms with Crippen LogP contribution in [0.1, 0.15) is 18.1 Å². The van der Waals surface area contributed by atoms with Gasteiger partial charge < -0.3 is 20.4 Å². The highest BCUT2D eigenvalue weighted by Crippen LogP contribution is 2.10. The van der Waals surface area contributed by atoms with Crippen LogP contribution in [0.5, 0.6) is 0 Å². The molecule has 1 fully saturated rings. The maximum Gasteiger partial charge on any atom is 0.190 e. The Bertz CT molecular complexity index is 582. The zero-order valence-corrected chi connectivity index (χ0v) is 16.7. The van der Waals surface area contributed by atoms with E-state index in [4.69, 9.17) is 0 Å². The number of guanidine groups is 1. The van der Waals surface area contributed by atoms with Crippen LogP contribution in [-0.2, 0) is 6.42 Å². The van der Waals surface area contributed by atoms with E-state index in [0.717, 1.165) is 69.3 Å². The fourth-order valence-electron chi connectivity index (χ4n) is 3.28. The van der Waals surface area contributed by atoms with Gasteiger partial charge in [0.1, 0.15) is 5.82 Å². The number of hydrogen-bond donors (Lipinski definition) is 2. The molecule has 1 aliphatic rings. The minimum Gasteiger partial charge on any atom is -0.356 e. The summed E-state index contributed by atoms with van der Waals surface area (Å²) in [5.74, 6) is 1.22. The molecule has 0 amide bonds. The van der Waals surface area contributed by atoms with Gasteiger partial charge in [-0.25, -0.2) is 4.39 Å². The van der Waals surface area contributed by atoms with Crippen molar-refractivity contribution >= 4 is 5.96 Å². The molecule has 0 aromatic heterocycles. The number of aliphatic imine (C=N–C) groups is 1. The summed E-state index contributed by atoms with van der Waals surface area (Å²) in [5, 5.41) is 6.77. The Balaban J connectivity index is 1.67. The lowest BCUT2D eigenvalue weighted by Gasteiger charge is -2.34. The standard InChI is InChI=1S/C20H34FN5/c1-16(15-26-11-9-25(4)10-12-26)14-24-20(22-3)23-8-7-18-5-6-19(21)13-17(18)2/h5-6,13,16H,7-12,14-15H2,1-4H3,(H2,22,23,24). The molecule has 1 saturated heterocycles. The molecule has 1 unspecified atom stereocenters. The lowest BCUT2D eigenvalue weighted by atomic mass is 10.1. The van der Waals surface area contributed by atoms with Gasteiger partial charge >= 0.3 is 0 Å². The van der Waals surface area contributed by atoms with Crippen molar-refractivity contribution in [2.75, 3.05) is 59.9 Å². The topological polar surface area (TPSA) is 42.9 Å². The van der Waals surface area contributed by atoms with Crippen molar-refractivity contribution in [3.63, 3.8) is 0 Å². The summed E-state index contributed by atoms with van der Waals surface area (Å²) >= 11 is 0. The second-order valence-corrected chi connectivity index (χ2v) is 7.41. The van der Waals surface area contributed by atoms with Crippen LogP contribution in [0, 0.1) is 18.7 Å². The van der Waals surface area contributed by atoms with Crippen molar-refractivity contribution in [3.8, 4) is 0 Å². The molecule has 1 aromatic rings. The van der Waals surface area contributed by atoms with E-state index in [9.17, 15) is 4.39 Å². The van der Waals surface area contributed by atoms with Crippen LogP contribution in [-0.4, -0.2) is 75.7 Å². The van der Waals surface area contributed by atoms with Crippen molar-refractivity contribution < 1.29 is 4.39 Å². The summed E-state index contributed by atoms with van der Waals surface area (Å²) < 4.78 is 13.2. The number of piperazine rings is 1. The summed E-state index contributed by atoms with van der Waals surface area (Å²) in [7, 11) is 3.98. The van der Waals surface area contributed by atoms with E-state index in [1.165, 1.54) is 6.07 Å². The third kappa shape index (κ3) is 6.92. The smallest absolute Gasteiger partial charge is 0.190 e. The summed E-state index contributed by atoms with van der Waals surface area (Å²) in [6.45, 7) is 11.7. The number of aryl methyl sites for hydroxylation is 1. The van der Waals surface area contributed by atoms with Gasteiger partial charge in [-0.1, -0.05) is 13.0 Å². The lowest BCUT2D eigenvalue weighted by molar-refractivity contribution is 0.139. The van der Waals surface area contributed by atoms with E-state index in [1.54, 1.807) is 13.1 Å². The summed E-state index contributed by atoms with van der Waals surface area (Å²) in [6.07, 6.45) is 0.851. The molecule has 5 nitrogen and oxygen atoms in total. The molecule has 1 heterocycles. The van der Waals surface area contributed by atoms with Crippen molar-refractivity contribution in [3.05, 3.63) is 35.1 Å². The average molecular weight is 364 g/mol. The highest BCUT2D eigenvalue weighted by atomic mass is 19.1. The van der Waals surface area contributed by atoms with E-state index in [-0.39, 0.29) is 5.82 Å². The van der Waals surface area contributed by atoms with E-state index in [0.29, 0.717) is 5.92 Å². The van der Waals surface area contributed by atoms with Crippen LogP contribution >= 0.6 is 0 Å². The SMILES string of the molecule is CN=C(NCCc1ccc(F)cc1C)NCC(C)CN1CCN(C)CC1. The summed E-state index contributed by atoms with van der Waals surface area (Å²) in [5.41, 5.74) is 2.16. The molecule has 0 saturated carbocycles. The Kier molecular flexibility index (Phi) is 8.32. The Morgan fingerprint density at radius 3 is 2.62 bits per heavy atom. The third-order valence-electron chi connectivity index (χ3n) is 5.00. The van der Waals surface area contributed by atoms with Crippen LogP contribution in [0.4, 0.5) is 4.39 Å². The highest BCUT2D eigenvalue weighted by molar-refractivity contribution is 5.79. The molecular formula is C20H34FN5. The maximum absolute atomic E-state index is 13.2. The number of hydrogen-bond acceptors (Lipinski definition) is 3. The van der Waals surface area contributed by atoms with Crippen LogP contribution in [0.2, 0.25) is 0 Å². The molecule has 26 heavy (non-hydrogen) atoms. The van der Waals surface area contributed by atoms with E-state index < -0.39 is 0 Å². The Morgan fingerprint density at radius 2 is 1.96 bits per heavy atom. The van der Waals surface area contributed by atoms with Crippen molar-refractivity contribution in [1.82, 2.24) is 20.4 Å². The van der Waals surface area contributed by atoms with Gasteiger partial charge in [-0.3, -0.25) is 4.99 Å². The molecular weight excluding hydrogens is 329 g/mol. The Morgan fingerprint density at radius 1 is 1.23 bits per heavy atom. The maximum atomic E-state index is 13.2. The first-order chi connectivity index (χ1) is 12.5. The quantitative estimate of drug-likeness (QED) is 0.572. The molecule has 1 atom stereocenters. The number of likely N-dealkylation sites (N-methyl/N-ethyl adjacent to an activating group) is 1. The van der Waals surface area contributed by atoms with Crippen LogP contribution in [0.15, 0.2) is 23.2 Å². The van der Waals surface area contributed by atoms with E-state index in [2.05, 4.69) is 39.4 Å². The minimum atomic E-state index is -0.175. The zero-order chi connectivity index (χ0) is 18.9. The molecule has 6 heteroatoms. The van der Waals surface area contributed by atoms with Gasteiger partial charge in [0, 0.05) is 52.9 Å². The number of rotatable bonds is 7. The highest BCUT2D eigenvalue weighted by Gasteiger charge is 2.16. The molecule has 0 aliphatic carbocycles. The molecule has 0 bridgehead atoms.